The maximum atomic E-state index is 12.3. The van der Waals surface area contributed by atoms with Crippen molar-refractivity contribution in [3.8, 4) is 5.75 Å². The number of anilines is 2. The average molecular weight is 401 g/mol. The lowest BCUT2D eigenvalue weighted by molar-refractivity contribution is -0.384. The number of rotatable bonds is 10. The topological polar surface area (TPSA) is 120 Å². The lowest BCUT2D eigenvalue weighted by Gasteiger charge is -2.15. The summed E-state index contributed by atoms with van der Waals surface area (Å²) in [6.45, 7) is 3.88. The maximum absolute atomic E-state index is 12.3. The van der Waals surface area contributed by atoms with E-state index in [1.54, 1.807) is 42.5 Å². The van der Waals surface area contributed by atoms with Crippen molar-refractivity contribution >= 4 is 28.9 Å². The standard InChI is InChI=1S/C20H23N3O6/c1-3-28-18-11-7-5-9-16(18)22-20(25)14(2)29-19(24)12-13-21-15-8-4-6-10-17(15)23(26)27/h4-11,14,21H,3,12-13H2,1-2H3,(H,22,25). The van der Waals surface area contributed by atoms with Gasteiger partial charge in [-0.25, -0.2) is 0 Å². The molecule has 0 radical (unpaired) electrons. The molecule has 2 aromatic carbocycles. The van der Waals surface area contributed by atoms with Gasteiger partial charge in [0.25, 0.3) is 11.6 Å². The van der Waals surface area contributed by atoms with E-state index in [1.165, 1.54) is 13.0 Å². The molecule has 0 bridgehead atoms. The molecule has 0 aromatic heterocycles. The minimum Gasteiger partial charge on any atom is -0.492 e. The highest BCUT2D eigenvalue weighted by atomic mass is 16.6. The summed E-state index contributed by atoms with van der Waals surface area (Å²) in [5.41, 5.74) is 0.713. The third kappa shape index (κ3) is 6.49. The number of amides is 1. The van der Waals surface area contributed by atoms with Crippen LogP contribution in [0.25, 0.3) is 0 Å². The number of carbonyl (C=O) groups is 2. The molecule has 9 heteroatoms. The molecule has 29 heavy (non-hydrogen) atoms. The molecule has 2 N–H and O–H groups in total. The molecule has 0 aliphatic rings. The predicted molar refractivity (Wildman–Crippen MR) is 108 cm³/mol. The van der Waals surface area contributed by atoms with Crippen LogP contribution in [0.4, 0.5) is 17.1 Å². The van der Waals surface area contributed by atoms with Crippen LogP contribution in [0.2, 0.25) is 0 Å². The molecule has 0 fully saturated rings. The van der Waals surface area contributed by atoms with Crippen LogP contribution in [0.15, 0.2) is 48.5 Å². The lowest BCUT2D eigenvalue weighted by Crippen LogP contribution is -2.30. The number of esters is 1. The number of nitro benzene ring substituents is 1. The Morgan fingerprint density at radius 2 is 1.76 bits per heavy atom. The van der Waals surface area contributed by atoms with Crippen LogP contribution in [0.1, 0.15) is 20.3 Å². The van der Waals surface area contributed by atoms with Crippen molar-refractivity contribution in [2.75, 3.05) is 23.8 Å². The van der Waals surface area contributed by atoms with Crippen molar-refractivity contribution in [3.05, 3.63) is 58.6 Å². The normalized spacial score (nSPS) is 11.2. The van der Waals surface area contributed by atoms with E-state index in [2.05, 4.69) is 10.6 Å². The van der Waals surface area contributed by atoms with Gasteiger partial charge in [-0.15, -0.1) is 0 Å². The number of benzene rings is 2. The first-order chi connectivity index (χ1) is 13.9. The second-order valence-corrected chi connectivity index (χ2v) is 6.00. The first-order valence-corrected chi connectivity index (χ1v) is 9.11. The molecule has 9 nitrogen and oxygen atoms in total. The number of hydrogen-bond donors (Lipinski definition) is 2. The molecule has 1 atom stereocenters. The first kappa shape index (κ1) is 21.7. The van der Waals surface area contributed by atoms with Crippen LogP contribution >= 0.6 is 0 Å². The highest BCUT2D eigenvalue weighted by Crippen LogP contribution is 2.24. The van der Waals surface area contributed by atoms with Crippen LogP contribution in [0.5, 0.6) is 5.75 Å². The van der Waals surface area contributed by atoms with E-state index in [0.717, 1.165) is 0 Å². The van der Waals surface area contributed by atoms with E-state index in [1.807, 2.05) is 6.92 Å². The Labute approximate surface area is 168 Å². The second-order valence-electron chi connectivity index (χ2n) is 6.00. The van der Waals surface area contributed by atoms with Gasteiger partial charge in [-0.3, -0.25) is 19.7 Å². The molecule has 154 valence electrons. The summed E-state index contributed by atoms with van der Waals surface area (Å²) < 4.78 is 10.6. The molecule has 1 amide bonds. The van der Waals surface area contributed by atoms with E-state index in [-0.39, 0.29) is 18.7 Å². The van der Waals surface area contributed by atoms with Crippen LogP contribution in [-0.4, -0.2) is 36.1 Å². The molecule has 0 aliphatic carbocycles. The Morgan fingerprint density at radius 3 is 2.45 bits per heavy atom. The molecule has 0 heterocycles. The molecule has 0 spiro atoms. The number of hydrogen-bond acceptors (Lipinski definition) is 7. The maximum Gasteiger partial charge on any atom is 0.308 e. The summed E-state index contributed by atoms with van der Waals surface area (Å²) in [6.07, 6.45) is -1.07. The Kier molecular flexibility index (Phi) is 7.96. The number of nitrogens with zero attached hydrogens (tertiary/aromatic N) is 1. The molecule has 0 saturated heterocycles. The van der Waals surface area contributed by atoms with Crippen molar-refractivity contribution in [1.82, 2.24) is 0 Å². The fourth-order valence-electron chi connectivity index (χ4n) is 2.48. The van der Waals surface area contributed by atoms with Crippen molar-refractivity contribution in [2.24, 2.45) is 0 Å². The first-order valence-electron chi connectivity index (χ1n) is 9.11. The molecule has 1 unspecified atom stereocenters. The molecule has 2 aromatic rings. The highest BCUT2D eigenvalue weighted by molar-refractivity contribution is 5.96. The molecule has 2 rings (SSSR count). The molecular formula is C20H23N3O6. The van der Waals surface area contributed by atoms with E-state index < -0.39 is 22.9 Å². The minimum absolute atomic E-state index is 0.0563. The van der Waals surface area contributed by atoms with E-state index >= 15 is 0 Å². The lowest BCUT2D eigenvalue weighted by atomic mass is 10.2. The zero-order valence-electron chi connectivity index (χ0n) is 16.2. The average Bonchev–Trinajstić information content (AvgIpc) is 2.69. The van der Waals surface area contributed by atoms with Gasteiger partial charge in [-0.05, 0) is 32.0 Å². The number of carbonyl (C=O) groups excluding carboxylic acids is 2. The summed E-state index contributed by atoms with van der Waals surface area (Å²) in [6, 6.07) is 13.1. The minimum atomic E-state index is -1.01. The van der Waals surface area contributed by atoms with E-state index in [9.17, 15) is 19.7 Å². The third-order valence-electron chi connectivity index (χ3n) is 3.87. The van der Waals surface area contributed by atoms with Gasteiger partial charge in [0.15, 0.2) is 6.10 Å². The smallest absolute Gasteiger partial charge is 0.308 e. The zero-order valence-corrected chi connectivity index (χ0v) is 16.2. The van der Waals surface area contributed by atoms with Gasteiger partial charge in [0.2, 0.25) is 0 Å². The Balaban J connectivity index is 1.83. The summed E-state index contributed by atoms with van der Waals surface area (Å²) in [5.74, 6) is -0.565. The Morgan fingerprint density at radius 1 is 1.10 bits per heavy atom. The van der Waals surface area contributed by atoms with Crippen LogP contribution < -0.4 is 15.4 Å². The number of para-hydroxylation sites is 4. The number of nitrogens with one attached hydrogen (secondary N) is 2. The monoisotopic (exact) mass is 401 g/mol. The van der Waals surface area contributed by atoms with Gasteiger partial charge < -0.3 is 20.1 Å². The van der Waals surface area contributed by atoms with Gasteiger partial charge in [0, 0.05) is 12.6 Å². The Bertz CT molecular complexity index is 871. The van der Waals surface area contributed by atoms with Crippen molar-refractivity contribution in [1.29, 1.82) is 0 Å². The fraction of sp³-hybridized carbons (Fsp3) is 0.300. The summed E-state index contributed by atoms with van der Waals surface area (Å²) >= 11 is 0. The Hall–Kier alpha value is -3.62. The van der Waals surface area contributed by atoms with Crippen molar-refractivity contribution < 1.29 is 24.0 Å². The summed E-state index contributed by atoms with van der Waals surface area (Å²) in [4.78, 5) is 34.7. The van der Waals surface area contributed by atoms with Crippen molar-refractivity contribution in [3.63, 3.8) is 0 Å². The molecule has 0 aliphatic heterocycles. The molecular weight excluding hydrogens is 378 g/mol. The van der Waals surface area contributed by atoms with Gasteiger partial charge in [-0.2, -0.15) is 0 Å². The second kappa shape index (κ2) is 10.6. The largest absolute Gasteiger partial charge is 0.492 e. The van der Waals surface area contributed by atoms with Gasteiger partial charge in [0.1, 0.15) is 11.4 Å². The van der Waals surface area contributed by atoms with Crippen LogP contribution in [0.3, 0.4) is 0 Å². The number of ether oxygens (including phenoxy) is 2. The number of nitro groups is 1. The van der Waals surface area contributed by atoms with Gasteiger partial charge in [-0.1, -0.05) is 24.3 Å². The predicted octanol–water partition coefficient (Wildman–Crippen LogP) is 3.37. The van der Waals surface area contributed by atoms with Crippen LogP contribution in [-0.2, 0) is 14.3 Å². The fourth-order valence-corrected chi connectivity index (χ4v) is 2.48. The quantitative estimate of drug-likeness (QED) is 0.356. The van der Waals surface area contributed by atoms with Crippen molar-refractivity contribution in [2.45, 2.75) is 26.4 Å². The summed E-state index contributed by atoms with van der Waals surface area (Å²) in [5, 5.41) is 16.5. The van der Waals surface area contributed by atoms with Gasteiger partial charge in [0.05, 0.1) is 23.6 Å². The summed E-state index contributed by atoms with van der Waals surface area (Å²) in [7, 11) is 0. The van der Waals surface area contributed by atoms with Gasteiger partial charge >= 0.3 is 5.97 Å². The zero-order chi connectivity index (χ0) is 21.2. The SMILES string of the molecule is CCOc1ccccc1NC(=O)C(C)OC(=O)CCNc1ccccc1[N+](=O)[O-]. The third-order valence-corrected chi connectivity index (χ3v) is 3.87. The van der Waals surface area contributed by atoms with E-state index in [4.69, 9.17) is 9.47 Å². The molecule has 0 saturated carbocycles. The van der Waals surface area contributed by atoms with E-state index in [0.29, 0.717) is 23.7 Å². The van der Waals surface area contributed by atoms with Crippen LogP contribution in [0, 0.1) is 10.1 Å². The highest BCUT2D eigenvalue weighted by Gasteiger charge is 2.19.